The average Bonchev–Trinajstić information content (AvgIpc) is 3.26. The molecule has 2 aromatic carbocycles. The summed E-state index contributed by atoms with van der Waals surface area (Å²) in [5, 5.41) is 12.5. The minimum atomic E-state index is -0.0842. The molecule has 0 bridgehead atoms. The van der Waals surface area contributed by atoms with Gasteiger partial charge in [0.25, 0.3) is 5.56 Å². The highest BCUT2D eigenvalue weighted by molar-refractivity contribution is 7.99. The number of anilines is 1. The minimum Gasteiger partial charge on any atom is -0.326 e. The molecule has 176 valence electrons. The van der Waals surface area contributed by atoms with Crippen molar-refractivity contribution in [2.45, 2.75) is 45.3 Å². The van der Waals surface area contributed by atoms with Crippen molar-refractivity contribution in [1.29, 1.82) is 0 Å². The van der Waals surface area contributed by atoms with Crippen molar-refractivity contribution in [3.8, 4) is 0 Å². The highest BCUT2D eigenvalue weighted by Crippen LogP contribution is 2.23. The van der Waals surface area contributed by atoms with Crippen LogP contribution in [-0.2, 0) is 11.3 Å². The summed E-state index contributed by atoms with van der Waals surface area (Å²) in [6, 6.07) is 14.2. The maximum Gasteiger partial charge on any atom is 0.262 e. The second-order valence-electron chi connectivity index (χ2n) is 8.47. The number of hydrogen-bond acceptors (Lipinski definition) is 6. The highest BCUT2D eigenvalue weighted by atomic mass is 32.2. The smallest absolute Gasteiger partial charge is 0.262 e. The number of amides is 1. The van der Waals surface area contributed by atoms with Gasteiger partial charge < -0.3 is 5.32 Å². The third-order valence-corrected chi connectivity index (χ3v) is 6.48. The number of thioether (sulfide) groups is 1. The second kappa shape index (κ2) is 10.2. The van der Waals surface area contributed by atoms with Crippen LogP contribution in [0.2, 0.25) is 0 Å². The van der Waals surface area contributed by atoms with Gasteiger partial charge in [-0.25, -0.2) is 0 Å². The number of nitrogens with one attached hydrogen (secondary N) is 1. The summed E-state index contributed by atoms with van der Waals surface area (Å²) >= 11 is 1.29. The topological polar surface area (TPSA) is 98.4 Å². The minimum absolute atomic E-state index is 0.0625. The molecule has 0 unspecified atom stereocenters. The van der Waals surface area contributed by atoms with Gasteiger partial charge in [0.05, 0.1) is 16.7 Å². The summed E-state index contributed by atoms with van der Waals surface area (Å²) in [7, 11) is 0. The summed E-state index contributed by atoms with van der Waals surface area (Å²) in [4.78, 5) is 37.5. The van der Waals surface area contributed by atoms with E-state index in [4.69, 9.17) is 0 Å². The van der Waals surface area contributed by atoms with Crippen LogP contribution in [0, 0.1) is 5.92 Å². The van der Waals surface area contributed by atoms with Crippen molar-refractivity contribution < 1.29 is 9.59 Å². The van der Waals surface area contributed by atoms with Gasteiger partial charge in [-0.2, -0.15) is 0 Å². The van der Waals surface area contributed by atoms with Crippen molar-refractivity contribution >= 4 is 45.8 Å². The molecular formula is C25H27N5O3S. The Bertz CT molecular complexity index is 1410. The molecule has 0 saturated heterocycles. The van der Waals surface area contributed by atoms with Gasteiger partial charge in [0, 0.05) is 24.2 Å². The zero-order valence-corrected chi connectivity index (χ0v) is 20.3. The lowest BCUT2D eigenvalue weighted by atomic mass is 10.1. The van der Waals surface area contributed by atoms with E-state index in [1.165, 1.54) is 11.8 Å². The molecule has 0 radical (unpaired) electrons. The van der Waals surface area contributed by atoms with Crippen LogP contribution in [0.1, 0.15) is 44.0 Å². The van der Waals surface area contributed by atoms with Gasteiger partial charge in [-0.05, 0) is 48.7 Å². The summed E-state index contributed by atoms with van der Waals surface area (Å²) in [5.74, 6) is 0.950. The summed E-state index contributed by atoms with van der Waals surface area (Å²) in [5.41, 5.74) is 1.85. The van der Waals surface area contributed by atoms with Gasteiger partial charge in [0.2, 0.25) is 11.7 Å². The monoisotopic (exact) mass is 477 g/mol. The first kappa shape index (κ1) is 23.7. The molecule has 0 aliphatic carbocycles. The molecule has 0 atom stereocenters. The standard InChI is InChI=1S/C25H27N5O3S/c1-4-22(32)26-18-11-9-17(10-12-18)21(31)15-34-25-28-27-24-29(14-13-16(2)3)23(33)19-7-5-6-8-20(19)30(24)25/h5-12,16H,4,13-15H2,1-3H3,(H,26,32). The lowest BCUT2D eigenvalue weighted by Gasteiger charge is -2.12. The van der Waals surface area contributed by atoms with Crippen molar-refractivity contribution in [3.05, 3.63) is 64.4 Å². The Morgan fingerprint density at radius 2 is 1.79 bits per heavy atom. The van der Waals surface area contributed by atoms with Crippen LogP contribution >= 0.6 is 11.8 Å². The quantitative estimate of drug-likeness (QED) is 0.283. The first-order valence-corrected chi connectivity index (χ1v) is 12.3. The van der Waals surface area contributed by atoms with E-state index in [9.17, 15) is 14.4 Å². The molecule has 1 amide bonds. The van der Waals surface area contributed by atoms with Gasteiger partial charge in [-0.1, -0.05) is 44.7 Å². The molecule has 2 heterocycles. The van der Waals surface area contributed by atoms with E-state index in [-0.39, 0.29) is 23.0 Å². The van der Waals surface area contributed by atoms with Crippen molar-refractivity contribution in [2.75, 3.05) is 11.1 Å². The molecule has 4 rings (SSSR count). The number of para-hydroxylation sites is 1. The number of aryl methyl sites for hydroxylation is 1. The summed E-state index contributed by atoms with van der Waals surface area (Å²) < 4.78 is 3.53. The van der Waals surface area contributed by atoms with Crippen molar-refractivity contribution in [1.82, 2.24) is 19.2 Å². The number of aromatic nitrogens is 4. The molecule has 8 nitrogen and oxygen atoms in total. The van der Waals surface area contributed by atoms with Crippen molar-refractivity contribution in [2.24, 2.45) is 5.92 Å². The van der Waals surface area contributed by atoms with Crippen LogP contribution in [0.25, 0.3) is 16.7 Å². The Morgan fingerprint density at radius 3 is 2.50 bits per heavy atom. The number of carbonyl (C=O) groups is 2. The molecule has 0 fully saturated rings. The van der Waals surface area contributed by atoms with Gasteiger partial charge >= 0.3 is 0 Å². The van der Waals surface area contributed by atoms with Crippen LogP contribution < -0.4 is 10.9 Å². The maximum atomic E-state index is 13.1. The molecular weight excluding hydrogens is 450 g/mol. The molecule has 9 heteroatoms. The van der Waals surface area contributed by atoms with E-state index < -0.39 is 0 Å². The number of carbonyl (C=O) groups excluding carboxylic acids is 2. The lowest BCUT2D eigenvalue weighted by molar-refractivity contribution is -0.115. The lowest BCUT2D eigenvalue weighted by Crippen LogP contribution is -2.24. The highest BCUT2D eigenvalue weighted by Gasteiger charge is 2.18. The van der Waals surface area contributed by atoms with Crippen LogP contribution in [-0.4, -0.2) is 36.6 Å². The molecule has 1 N–H and O–H groups in total. The predicted octanol–water partition coefficient (Wildman–Crippen LogP) is 4.41. The normalized spacial score (nSPS) is 11.4. The fourth-order valence-electron chi connectivity index (χ4n) is 3.62. The second-order valence-corrected chi connectivity index (χ2v) is 9.41. The van der Waals surface area contributed by atoms with Crippen LogP contribution in [0.3, 0.4) is 0 Å². The Kier molecular flexibility index (Phi) is 7.12. The number of Topliss-reactive ketones (excluding diaryl/α,β-unsaturated/α-hetero) is 1. The summed E-state index contributed by atoms with van der Waals surface area (Å²) in [6.45, 7) is 6.56. The Labute approximate surface area is 201 Å². The molecule has 34 heavy (non-hydrogen) atoms. The number of nitrogens with zero attached hydrogens (tertiary/aromatic N) is 4. The molecule has 4 aromatic rings. The van der Waals surface area contributed by atoms with Gasteiger partial charge in [-0.3, -0.25) is 23.4 Å². The van der Waals surface area contributed by atoms with Crippen LogP contribution in [0.15, 0.2) is 58.5 Å². The van der Waals surface area contributed by atoms with E-state index in [1.807, 2.05) is 22.6 Å². The van der Waals surface area contributed by atoms with Gasteiger partial charge in [0.1, 0.15) is 0 Å². The number of ketones is 1. The first-order valence-electron chi connectivity index (χ1n) is 11.3. The molecule has 0 aliphatic heterocycles. The Morgan fingerprint density at radius 1 is 1.06 bits per heavy atom. The summed E-state index contributed by atoms with van der Waals surface area (Å²) in [6.07, 6.45) is 1.24. The number of fused-ring (bicyclic) bond motifs is 3. The zero-order valence-electron chi connectivity index (χ0n) is 19.4. The maximum absolute atomic E-state index is 13.1. The van der Waals surface area contributed by atoms with E-state index in [1.54, 1.807) is 41.8 Å². The number of rotatable bonds is 9. The predicted molar refractivity (Wildman–Crippen MR) is 135 cm³/mol. The van der Waals surface area contributed by atoms with Crippen LogP contribution in [0.5, 0.6) is 0 Å². The Hall–Kier alpha value is -3.46. The van der Waals surface area contributed by atoms with E-state index in [0.717, 1.165) is 11.9 Å². The SMILES string of the molecule is CCC(=O)Nc1ccc(C(=O)CSc2nnc3n(CCC(C)C)c(=O)c4ccccc4n23)cc1. The fraction of sp³-hybridized carbons (Fsp3) is 0.320. The largest absolute Gasteiger partial charge is 0.326 e. The van der Waals surface area contributed by atoms with E-state index in [0.29, 0.717) is 46.5 Å². The molecule has 0 aliphatic rings. The average molecular weight is 478 g/mol. The third-order valence-electron chi connectivity index (χ3n) is 5.55. The molecule has 0 saturated carbocycles. The third kappa shape index (κ3) is 4.89. The Balaban J connectivity index is 1.61. The molecule has 0 spiro atoms. The number of benzene rings is 2. The zero-order chi connectivity index (χ0) is 24.2. The van der Waals surface area contributed by atoms with Gasteiger partial charge in [0.15, 0.2) is 10.9 Å². The van der Waals surface area contributed by atoms with Gasteiger partial charge in [-0.15, -0.1) is 10.2 Å². The molecule has 2 aromatic heterocycles. The van der Waals surface area contributed by atoms with Crippen LogP contribution in [0.4, 0.5) is 5.69 Å². The van der Waals surface area contributed by atoms with Crippen molar-refractivity contribution in [3.63, 3.8) is 0 Å². The fourth-order valence-corrected chi connectivity index (χ4v) is 4.45. The van der Waals surface area contributed by atoms with E-state index >= 15 is 0 Å². The number of hydrogen-bond donors (Lipinski definition) is 1. The first-order chi connectivity index (χ1) is 16.4. The van der Waals surface area contributed by atoms with E-state index in [2.05, 4.69) is 29.4 Å².